The maximum atomic E-state index is 11.8. The van der Waals surface area contributed by atoms with Gasteiger partial charge in [-0.05, 0) is 45.7 Å². The maximum absolute atomic E-state index is 11.8. The van der Waals surface area contributed by atoms with Crippen LogP contribution in [0.2, 0.25) is 0 Å². The Labute approximate surface area is 127 Å². The monoisotopic (exact) mass is 292 g/mol. The number of hydrogen-bond donors (Lipinski definition) is 1. The summed E-state index contributed by atoms with van der Waals surface area (Å²) in [4.78, 5) is 14.1. The lowest BCUT2D eigenvalue weighted by Gasteiger charge is -2.31. The summed E-state index contributed by atoms with van der Waals surface area (Å²) in [6.07, 6.45) is 5.28. The summed E-state index contributed by atoms with van der Waals surface area (Å²) < 4.78 is 2.07. The number of rotatable bonds is 7. The second-order valence-corrected chi connectivity index (χ2v) is 6.20. The van der Waals surface area contributed by atoms with Crippen LogP contribution in [0.3, 0.4) is 0 Å². The van der Waals surface area contributed by atoms with E-state index in [1.165, 1.54) is 5.69 Å². The Balaban J connectivity index is 2.07. The second-order valence-electron chi connectivity index (χ2n) is 6.20. The highest BCUT2D eigenvalue weighted by molar-refractivity contribution is 5.79. The molecule has 0 aromatic carbocycles. The second kappa shape index (κ2) is 7.07. The zero-order valence-electron chi connectivity index (χ0n) is 13.5. The van der Waals surface area contributed by atoms with Crippen LogP contribution in [0.25, 0.3) is 0 Å². The number of likely N-dealkylation sites (tertiary alicyclic amines) is 1. The number of nitrogens with zero attached hydrogens (tertiary/aromatic N) is 3. The number of aryl methyl sites for hydroxylation is 2. The Morgan fingerprint density at radius 1 is 1.52 bits per heavy atom. The van der Waals surface area contributed by atoms with Gasteiger partial charge in [0.05, 0.1) is 18.3 Å². The van der Waals surface area contributed by atoms with E-state index in [1.807, 2.05) is 6.92 Å². The fourth-order valence-electron chi connectivity index (χ4n) is 3.39. The Bertz CT molecular complexity index is 483. The summed E-state index contributed by atoms with van der Waals surface area (Å²) in [5, 5.41) is 4.55. The lowest BCUT2D eigenvalue weighted by Crippen LogP contribution is -2.48. The largest absolute Gasteiger partial charge is 0.368 e. The summed E-state index contributed by atoms with van der Waals surface area (Å²) in [6.45, 7) is 8.08. The average molecular weight is 292 g/mol. The molecule has 0 aliphatic carbocycles. The fourth-order valence-corrected chi connectivity index (χ4v) is 3.39. The molecule has 0 radical (unpaired) electrons. The van der Waals surface area contributed by atoms with Crippen molar-refractivity contribution in [2.45, 2.75) is 71.5 Å². The molecule has 0 unspecified atom stereocenters. The summed E-state index contributed by atoms with van der Waals surface area (Å²) in [6, 6.07) is 2.36. The van der Waals surface area contributed by atoms with Crippen LogP contribution in [-0.4, -0.2) is 39.2 Å². The van der Waals surface area contributed by atoms with Gasteiger partial charge in [-0.25, -0.2) is 0 Å². The molecule has 2 N–H and O–H groups in total. The molecule has 5 heteroatoms. The number of nitrogens with two attached hydrogens (primary N) is 1. The molecule has 1 aromatic heterocycles. The van der Waals surface area contributed by atoms with Crippen molar-refractivity contribution in [3.8, 4) is 0 Å². The van der Waals surface area contributed by atoms with Crippen LogP contribution < -0.4 is 5.73 Å². The van der Waals surface area contributed by atoms with Crippen LogP contribution in [0.1, 0.15) is 50.4 Å². The first-order chi connectivity index (χ1) is 10.0. The van der Waals surface area contributed by atoms with Crippen LogP contribution in [0.5, 0.6) is 0 Å². The highest BCUT2D eigenvalue weighted by Crippen LogP contribution is 2.24. The van der Waals surface area contributed by atoms with Crippen molar-refractivity contribution in [2.75, 3.05) is 6.54 Å². The van der Waals surface area contributed by atoms with Gasteiger partial charge in [0.15, 0.2) is 0 Å². The lowest BCUT2D eigenvalue weighted by molar-refractivity contribution is -0.124. The molecule has 0 spiro atoms. The Hall–Kier alpha value is -1.36. The molecular formula is C16H28N4O. The molecule has 118 valence electrons. The van der Waals surface area contributed by atoms with E-state index in [2.05, 4.69) is 34.6 Å². The van der Waals surface area contributed by atoms with Gasteiger partial charge in [-0.1, -0.05) is 19.8 Å². The molecule has 0 saturated carbocycles. The van der Waals surface area contributed by atoms with Crippen molar-refractivity contribution in [3.05, 3.63) is 17.5 Å². The predicted molar refractivity (Wildman–Crippen MR) is 83.9 cm³/mol. The van der Waals surface area contributed by atoms with Crippen molar-refractivity contribution in [1.82, 2.24) is 14.7 Å². The molecule has 1 aromatic rings. The van der Waals surface area contributed by atoms with Crippen molar-refractivity contribution in [1.29, 1.82) is 0 Å². The maximum Gasteiger partial charge on any atom is 0.234 e. The summed E-state index contributed by atoms with van der Waals surface area (Å²) in [7, 11) is 0. The van der Waals surface area contributed by atoms with E-state index >= 15 is 0 Å². The van der Waals surface area contributed by atoms with E-state index in [-0.39, 0.29) is 11.9 Å². The molecule has 1 amide bonds. The van der Waals surface area contributed by atoms with Gasteiger partial charge in [0.1, 0.15) is 0 Å². The molecule has 1 saturated heterocycles. The molecule has 2 rings (SSSR count). The smallest absolute Gasteiger partial charge is 0.234 e. The molecule has 2 atom stereocenters. The minimum absolute atomic E-state index is 0.116. The van der Waals surface area contributed by atoms with Gasteiger partial charge in [-0.3, -0.25) is 14.4 Å². The first kappa shape index (κ1) is 16.0. The third-order valence-corrected chi connectivity index (χ3v) is 4.47. The summed E-state index contributed by atoms with van der Waals surface area (Å²) >= 11 is 0. The number of amides is 1. The van der Waals surface area contributed by atoms with E-state index in [0.29, 0.717) is 6.04 Å². The normalized spacial score (nSPS) is 20.8. The van der Waals surface area contributed by atoms with Gasteiger partial charge in [0, 0.05) is 11.7 Å². The van der Waals surface area contributed by atoms with Gasteiger partial charge in [-0.2, -0.15) is 5.10 Å². The van der Waals surface area contributed by atoms with E-state index in [1.54, 1.807) is 0 Å². The number of unbranched alkanes of at least 4 members (excludes halogenated alkanes) is 1. The van der Waals surface area contributed by atoms with Crippen LogP contribution in [0.4, 0.5) is 0 Å². The topological polar surface area (TPSA) is 64.2 Å². The van der Waals surface area contributed by atoms with Crippen LogP contribution in [-0.2, 0) is 11.3 Å². The van der Waals surface area contributed by atoms with Gasteiger partial charge in [0.2, 0.25) is 5.91 Å². The molecule has 1 aliphatic rings. The van der Waals surface area contributed by atoms with Gasteiger partial charge < -0.3 is 5.73 Å². The minimum Gasteiger partial charge on any atom is -0.368 e. The van der Waals surface area contributed by atoms with Crippen LogP contribution >= 0.6 is 0 Å². The number of aromatic nitrogens is 2. The zero-order valence-corrected chi connectivity index (χ0v) is 13.5. The third-order valence-electron chi connectivity index (χ3n) is 4.47. The van der Waals surface area contributed by atoms with E-state index in [0.717, 1.165) is 50.9 Å². The quantitative estimate of drug-likeness (QED) is 0.836. The molecule has 21 heavy (non-hydrogen) atoms. The summed E-state index contributed by atoms with van der Waals surface area (Å²) in [5.74, 6) is -0.177. The van der Waals surface area contributed by atoms with Crippen molar-refractivity contribution in [3.63, 3.8) is 0 Å². The van der Waals surface area contributed by atoms with Crippen molar-refractivity contribution in [2.24, 2.45) is 5.73 Å². The van der Waals surface area contributed by atoms with Crippen molar-refractivity contribution >= 4 is 5.91 Å². The Morgan fingerprint density at radius 2 is 2.29 bits per heavy atom. The minimum atomic E-state index is -0.177. The zero-order chi connectivity index (χ0) is 15.4. The number of carbonyl (C=O) groups excluding carboxylic acids is 1. The lowest BCUT2D eigenvalue weighted by atomic mass is 10.1. The molecule has 5 nitrogen and oxygen atoms in total. The summed E-state index contributed by atoms with van der Waals surface area (Å²) in [5.41, 5.74) is 7.88. The third kappa shape index (κ3) is 3.84. The SMILES string of the molecule is CCCC[C@H](C(N)=O)N1CCC[C@H]1Cn1nc(C)cc1C. The first-order valence-electron chi connectivity index (χ1n) is 8.09. The Kier molecular flexibility index (Phi) is 5.39. The fraction of sp³-hybridized carbons (Fsp3) is 0.750. The van der Waals surface area contributed by atoms with Crippen LogP contribution in [0, 0.1) is 13.8 Å². The number of primary amides is 1. The number of hydrogen-bond acceptors (Lipinski definition) is 3. The van der Waals surface area contributed by atoms with Gasteiger partial charge in [-0.15, -0.1) is 0 Å². The molecular weight excluding hydrogens is 264 g/mol. The highest BCUT2D eigenvalue weighted by Gasteiger charge is 2.33. The Morgan fingerprint density at radius 3 is 2.86 bits per heavy atom. The molecule has 1 aliphatic heterocycles. The molecule has 2 heterocycles. The van der Waals surface area contributed by atoms with E-state index in [9.17, 15) is 4.79 Å². The van der Waals surface area contributed by atoms with Crippen molar-refractivity contribution < 1.29 is 4.79 Å². The van der Waals surface area contributed by atoms with E-state index < -0.39 is 0 Å². The molecule has 1 fully saturated rings. The predicted octanol–water partition coefficient (Wildman–Crippen LogP) is 2.01. The first-order valence-corrected chi connectivity index (χ1v) is 8.09. The van der Waals surface area contributed by atoms with Crippen LogP contribution in [0.15, 0.2) is 6.07 Å². The van der Waals surface area contributed by atoms with Gasteiger partial charge >= 0.3 is 0 Å². The average Bonchev–Trinajstić information content (AvgIpc) is 2.98. The highest BCUT2D eigenvalue weighted by atomic mass is 16.1. The number of carbonyl (C=O) groups is 1. The van der Waals surface area contributed by atoms with E-state index in [4.69, 9.17) is 5.73 Å². The standard InChI is InChI=1S/C16H28N4O/c1-4-5-8-15(16(17)21)19-9-6-7-14(19)11-20-13(3)10-12(2)18-20/h10,14-15H,4-9,11H2,1-3H3,(H2,17,21)/t14-,15+/m0/s1. The molecule has 0 bridgehead atoms. The van der Waals surface area contributed by atoms with Gasteiger partial charge in [0.25, 0.3) is 0 Å².